The highest BCUT2D eigenvalue weighted by atomic mass is 32.2. The summed E-state index contributed by atoms with van der Waals surface area (Å²) in [7, 11) is 0. The Morgan fingerprint density at radius 3 is 2.41 bits per heavy atom. The van der Waals surface area contributed by atoms with Crippen LogP contribution in [-0.4, -0.2) is 0 Å². The summed E-state index contributed by atoms with van der Waals surface area (Å²) in [4.78, 5) is 12.9. The van der Waals surface area contributed by atoms with Crippen molar-refractivity contribution in [1.82, 2.24) is 0 Å². The zero-order chi connectivity index (χ0) is 12.4. The van der Waals surface area contributed by atoms with E-state index in [2.05, 4.69) is 31.7 Å². The van der Waals surface area contributed by atoms with Crippen LogP contribution in [0, 0.1) is 6.92 Å². The van der Waals surface area contributed by atoms with E-state index in [1.807, 2.05) is 19.1 Å². The smallest absolute Gasteiger partial charge is 0.185 e. The van der Waals surface area contributed by atoms with E-state index in [1.165, 1.54) is 5.56 Å². The highest BCUT2D eigenvalue weighted by Gasteiger charge is 2.07. The van der Waals surface area contributed by atoms with Gasteiger partial charge in [-0.3, -0.25) is 4.79 Å². The van der Waals surface area contributed by atoms with E-state index in [1.54, 1.807) is 17.4 Å². The van der Waals surface area contributed by atoms with E-state index < -0.39 is 0 Å². The fourth-order valence-corrected chi connectivity index (χ4v) is 3.25. The molecule has 0 saturated carbocycles. The predicted molar refractivity (Wildman–Crippen MR) is 77.4 cm³/mol. The van der Waals surface area contributed by atoms with Gasteiger partial charge in [-0.1, -0.05) is 36.8 Å². The molecule has 1 aromatic heterocycles. The molecule has 0 spiro atoms. The lowest BCUT2D eigenvalue weighted by atomic mass is 10.1. The fourth-order valence-electron chi connectivity index (χ4n) is 1.69. The molecule has 0 saturated heterocycles. The van der Waals surface area contributed by atoms with Crippen LogP contribution >= 0.6 is 24.0 Å². The van der Waals surface area contributed by atoms with Gasteiger partial charge in [0.2, 0.25) is 0 Å². The Labute approximate surface area is 111 Å². The number of rotatable bonds is 2. The molecule has 0 unspecified atom stereocenters. The minimum atomic E-state index is 0.0897. The SMILES string of the molecule is CCc1c(S)sc(-c2ccc(C)cc2)cc1=O. The van der Waals surface area contributed by atoms with Crippen molar-refractivity contribution < 1.29 is 0 Å². The zero-order valence-corrected chi connectivity index (χ0v) is 11.6. The molecular weight excluding hydrogens is 248 g/mol. The van der Waals surface area contributed by atoms with Crippen molar-refractivity contribution in [1.29, 1.82) is 0 Å². The van der Waals surface area contributed by atoms with Gasteiger partial charge < -0.3 is 0 Å². The lowest BCUT2D eigenvalue weighted by Crippen LogP contribution is -2.06. The zero-order valence-electron chi connectivity index (χ0n) is 9.86. The first-order valence-corrected chi connectivity index (χ1v) is 6.81. The minimum absolute atomic E-state index is 0.0897. The Kier molecular flexibility index (Phi) is 3.69. The highest BCUT2D eigenvalue weighted by molar-refractivity contribution is 7.83. The molecule has 0 bridgehead atoms. The number of benzene rings is 1. The van der Waals surface area contributed by atoms with Gasteiger partial charge in [0.05, 0.1) is 4.21 Å². The largest absolute Gasteiger partial charge is 0.290 e. The van der Waals surface area contributed by atoms with Gasteiger partial charge in [0.1, 0.15) is 0 Å². The summed E-state index contributed by atoms with van der Waals surface area (Å²) in [6.07, 6.45) is 0.738. The first-order valence-electron chi connectivity index (χ1n) is 5.55. The first-order chi connectivity index (χ1) is 8.11. The molecule has 0 aliphatic heterocycles. The van der Waals surface area contributed by atoms with E-state index in [0.717, 1.165) is 26.6 Å². The third kappa shape index (κ3) is 2.61. The molecule has 0 aliphatic rings. The standard InChI is InChI=1S/C14H14OS2/c1-3-11-12(15)8-13(17-14(11)16)10-6-4-9(2)5-7-10/h4-8,16H,3H2,1-2H3. The van der Waals surface area contributed by atoms with Gasteiger partial charge in [-0.15, -0.1) is 24.0 Å². The Hall–Kier alpha value is -1.06. The summed E-state index contributed by atoms with van der Waals surface area (Å²) < 4.78 is 0.829. The summed E-state index contributed by atoms with van der Waals surface area (Å²) >= 11 is 5.97. The molecule has 1 aromatic carbocycles. The molecule has 2 rings (SSSR count). The average molecular weight is 262 g/mol. The van der Waals surface area contributed by atoms with Gasteiger partial charge in [-0.2, -0.15) is 0 Å². The van der Waals surface area contributed by atoms with Crippen LogP contribution in [-0.2, 0) is 6.42 Å². The van der Waals surface area contributed by atoms with Crippen LogP contribution in [0.2, 0.25) is 0 Å². The monoisotopic (exact) mass is 262 g/mol. The summed E-state index contributed by atoms with van der Waals surface area (Å²) in [5.74, 6) is 0. The van der Waals surface area contributed by atoms with Crippen LogP contribution in [0.4, 0.5) is 0 Å². The van der Waals surface area contributed by atoms with Crippen LogP contribution in [0.25, 0.3) is 10.4 Å². The molecular formula is C14H14OS2. The Balaban J connectivity index is 2.54. The maximum atomic E-state index is 11.9. The lowest BCUT2D eigenvalue weighted by molar-refractivity contribution is 1.09. The number of hydrogen-bond acceptors (Lipinski definition) is 3. The molecule has 17 heavy (non-hydrogen) atoms. The van der Waals surface area contributed by atoms with Gasteiger partial charge in [0, 0.05) is 16.5 Å². The maximum absolute atomic E-state index is 11.9. The topological polar surface area (TPSA) is 17.1 Å². The molecule has 88 valence electrons. The predicted octanol–water partition coefficient (Wildman–Crippen LogP) is 3.93. The Morgan fingerprint density at radius 2 is 1.88 bits per heavy atom. The number of thiol groups is 1. The van der Waals surface area contributed by atoms with Crippen molar-refractivity contribution >= 4 is 24.0 Å². The molecule has 0 N–H and O–H groups in total. The van der Waals surface area contributed by atoms with Crippen molar-refractivity contribution in [2.45, 2.75) is 24.5 Å². The molecule has 2 aromatic rings. The molecule has 0 amide bonds. The van der Waals surface area contributed by atoms with Crippen molar-refractivity contribution in [3.63, 3.8) is 0 Å². The first kappa shape index (κ1) is 12.4. The van der Waals surface area contributed by atoms with Gasteiger partial charge in [-0.25, -0.2) is 0 Å². The maximum Gasteiger partial charge on any atom is 0.185 e. The Bertz CT molecular complexity index is 582. The molecule has 3 heteroatoms. The van der Waals surface area contributed by atoms with E-state index in [-0.39, 0.29) is 5.43 Å². The second-order valence-corrected chi connectivity index (χ2v) is 5.78. The fraction of sp³-hybridized carbons (Fsp3) is 0.214. The number of hydrogen-bond donors (Lipinski definition) is 1. The van der Waals surface area contributed by atoms with Gasteiger partial charge in [0.15, 0.2) is 5.43 Å². The van der Waals surface area contributed by atoms with Crippen LogP contribution < -0.4 is 5.43 Å². The Morgan fingerprint density at radius 1 is 1.24 bits per heavy atom. The summed E-state index contributed by atoms with van der Waals surface area (Å²) in [6.45, 7) is 4.03. The van der Waals surface area contributed by atoms with Crippen molar-refractivity contribution in [2.24, 2.45) is 0 Å². The third-order valence-electron chi connectivity index (χ3n) is 2.71. The van der Waals surface area contributed by atoms with E-state index in [9.17, 15) is 4.79 Å². The quantitative estimate of drug-likeness (QED) is 0.811. The molecule has 0 atom stereocenters. The molecule has 0 aliphatic carbocycles. The van der Waals surface area contributed by atoms with E-state index in [0.29, 0.717) is 0 Å². The number of aryl methyl sites for hydroxylation is 1. The molecule has 0 radical (unpaired) electrons. The second-order valence-electron chi connectivity index (χ2n) is 3.98. The summed E-state index contributed by atoms with van der Waals surface area (Å²) in [5.41, 5.74) is 3.20. The average Bonchev–Trinajstić information content (AvgIpc) is 2.29. The molecule has 1 heterocycles. The lowest BCUT2D eigenvalue weighted by Gasteiger charge is -2.05. The third-order valence-corrected chi connectivity index (χ3v) is 4.27. The van der Waals surface area contributed by atoms with E-state index in [4.69, 9.17) is 0 Å². The van der Waals surface area contributed by atoms with Crippen LogP contribution in [0.5, 0.6) is 0 Å². The summed E-state index contributed by atoms with van der Waals surface area (Å²) in [5, 5.41) is 0. The van der Waals surface area contributed by atoms with Crippen molar-refractivity contribution in [3.8, 4) is 10.4 Å². The molecule has 1 nitrogen and oxygen atoms in total. The van der Waals surface area contributed by atoms with Gasteiger partial charge >= 0.3 is 0 Å². The van der Waals surface area contributed by atoms with E-state index >= 15 is 0 Å². The van der Waals surface area contributed by atoms with Crippen LogP contribution in [0.1, 0.15) is 18.1 Å². The van der Waals surface area contributed by atoms with Crippen molar-refractivity contribution in [3.05, 3.63) is 51.7 Å². The van der Waals surface area contributed by atoms with Crippen LogP contribution in [0.3, 0.4) is 0 Å². The summed E-state index contributed by atoms with van der Waals surface area (Å²) in [6, 6.07) is 9.91. The second kappa shape index (κ2) is 5.07. The normalized spacial score (nSPS) is 10.5. The van der Waals surface area contributed by atoms with Gasteiger partial charge in [-0.05, 0) is 18.9 Å². The van der Waals surface area contributed by atoms with Gasteiger partial charge in [0.25, 0.3) is 0 Å². The highest BCUT2D eigenvalue weighted by Crippen LogP contribution is 2.28. The molecule has 0 fully saturated rings. The minimum Gasteiger partial charge on any atom is -0.290 e. The van der Waals surface area contributed by atoms with Crippen LogP contribution in [0.15, 0.2) is 39.3 Å². The van der Waals surface area contributed by atoms with Crippen molar-refractivity contribution in [2.75, 3.05) is 0 Å².